The number of aromatic nitrogens is 1. The largest absolute Gasteiger partial charge is 0.443 e. The lowest BCUT2D eigenvalue weighted by molar-refractivity contribution is 0.0615. The average Bonchev–Trinajstić information content (AvgIpc) is 2.87. The molecule has 4 aromatic rings. The number of rotatable bonds is 6. The standard InChI is InChI=1S/C26H23N3O4/c30-25(32-18-20-9-3-1-4-10-20)28-29(26(31)33-19-21-11-5-2-6-12-21)17-23-14-7-13-22-15-8-16-27-24(22)23/h1-16H,17-19H2,(H,28,30). The predicted octanol–water partition coefficient (Wildman–Crippen LogP) is 5.22. The summed E-state index contributed by atoms with van der Waals surface area (Å²) in [6, 6.07) is 28.1. The quantitative estimate of drug-likeness (QED) is 0.415. The Morgan fingerprint density at radius 2 is 1.39 bits per heavy atom. The second-order valence-corrected chi connectivity index (χ2v) is 7.29. The monoisotopic (exact) mass is 441 g/mol. The van der Waals surface area contributed by atoms with Gasteiger partial charge in [-0.3, -0.25) is 4.98 Å². The number of pyridine rings is 1. The molecular formula is C26H23N3O4. The van der Waals surface area contributed by atoms with Crippen LogP contribution in [0.15, 0.2) is 97.2 Å². The smallest absolute Gasteiger partial charge is 0.429 e. The Kier molecular flexibility index (Phi) is 7.12. The van der Waals surface area contributed by atoms with Crippen LogP contribution in [0.4, 0.5) is 9.59 Å². The number of ether oxygens (including phenoxy) is 2. The highest BCUT2D eigenvalue weighted by Crippen LogP contribution is 2.18. The molecule has 33 heavy (non-hydrogen) atoms. The van der Waals surface area contributed by atoms with E-state index in [4.69, 9.17) is 9.47 Å². The molecule has 4 rings (SSSR count). The molecule has 0 saturated heterocycles. The van der Waals surface area contributed by atoms with Gasteiger partial charge in [0.25, 0.3) is 0 Å². The fourth-order valence-corrected chi connectivity index (χ4v) is 3.28. The number of benzene rings is 3. The van der Waals surface area contributed by atoms with Crippen molar-refractivity contribution in [3.05, 3.63) is 114 Å². The van der Waals surface area contributed by atoms with E-state index in [0.29, 0.717) is 0 Å². The SMILES string of the molecule is O=C(NN(Cc1cccc2cccnc12)C(=O)OCc1ccccc1)OCc1ccccc1. The van der Waals surface area contributed by atoms with Crippen LogP contribution in [0.25, 0.3) is 10.9 Å². The van der Waals surface area contributed by atoms with Crippen molar-refractivity contribution in [3.8, 4) is 0 Å². The molecule has 0 fully saturated rings. The lowest BCUT2D eigenvalue weighted by atomic mass is 10.1. The highest BCUT2D eigenvalue weighted by Gasteiger charge is 2.20. The number of nitrogens with zero attached hydrogens (tertiary/aromatic N) is 2. The predicted molar refractivity (Wildman–Crippen MR) is 124 cm³/mol. The zero-order valence-electron chi connectivity index (χ0n) is 17.9. The van der Waals surface area contributed by atoms with Gasteiger partial charge in [0.15, 0.2) is 0 Å². The summed E-state index contributed by atoms with van der Waals surface area (Å²) in [7, 11) is 0. The van der Waals surface area contributed by atoms with Crippen molar-refractivity contribution in [1.82, 2.24) is 15.4 Å². The minimum atomic E-state index is -0.760. The summed E-state index contributed by atoms with van der Waals surface area (Å²) in [4.78, 5) is 29.8. The normalized spacial score (nSPS) is 10.4. The number of para-hydroxylation sites is 1. The second kappa shape index (κ2) is 10.8. The van der Waals surface area contributed by atoms with E-state index in [2.05, 4.69) is 10.4 Å². The molecule has 0 saturated carbocycles. The molecule has 0 aliphatic heterocycles. The van der Waals surface area contributed by atoms with Gasteiger partial charge in [0, 0.05) is 17.1 Å². The molecule has 166 valence electrons. The number of hydrazine groups is 1. The number of hydrogen-bond acceptors (Lipinski definition) is 5. The molecule has 1 N–H and O–H groups in total. The van der Waals surface area contributed by atoms with E-state index in [1.165, 1.54) is 0 Å². The summed E-state index contributed by atoms with van der Waals surface area (Å²) in [5.74, 6) is 0. The Balaban J connectivity index is 1.48. The van der Waals surface area contributed by atoms with Gasteiger partial charge in [-0.15, -0.1) is 0 Å². The van der Waals surface area contributed by atoms with Gasteiger partial charge in [-0.1, -0.05) is 84.9 Å². The zero-order valence-corrected chi connectivity index (χ0v) is 17.9. The van der Waals surface area contributed by atoms with Gasteiger partial charge in [0.1, 0.15) is 13.2 Å². The highest BCUT2D eigenvalue weighted by molar-refractivity contribution is 5.82. The minimum absolute atomic E-state index is 0.0579. The molecule has 0 aliphatic rings. The maximum Gasteiger partial charge on any atom is 0.429 e. The number of carbonyl (C=O) groups is 2. The van der Waals surface area contributed by atoms with Gasteiger partial charge in [-0.05, 0) is 17.2 Å². The van der Waals surface area contributed by atoms with Crippen molar-refractivity contribution >= 4 is 23.1 Å². The zero-order chi connectivity index (χ0) is 22.9. The molecular weight excluding hydrogens is 418 g/mol. The van der Waals surface area contributed by atoms with Crippen molar-refractivity contribution in [3.63, 3.8) is 0 Å². The van der Waals surface area contributed by atoms with E-state index in [1.807, 2.05) is 91.0 Å². The van der Waals surface area contributed by atoms with Crippen molar-refractivity contribution in [1.29, 1.82) is 0 Å². The molecule has 7 nitrogen and oxygen atoms in total. The molecule has 0 spiro atoms. The summed E-state index contributed by atoms with van der Waals surface area (Å²) in [5, 5.41) is 2.03. The number of amides is 2. The van der Waals surface area contributed by atoms with Crippen molar-refractivity contribution in [2.75, 3.05) is 0 Å². The van der Waals surface area contributed by atoms with E-state index < -0.39 is 12.2 Å². The number of hydrogen-bond donors (Lipinski definition) is 1. The van der Waals surface area contributed by atoms with E-state index in [1.54, 1.807) is 6.20 Å². The summed E-state index contributed by atoms with van der Waals surface area (Å²) in [6.45, 7) is 0.211. The summed E-state index contributed by atoms with van der Waals surface area (Å²) in [6.07, 6.45) is 0.220. The Hall–Kier alpha value is -4.39. The van der Waals surface area contributed by atoms with E-state index in [-0.39, 0.29) is 19.8 Å². The third-order valence-electron chi connectivity index (χ3n) is 4.91. The molecule has 1 aromatic heterocycles. The van der Waals surface area contributed by atoms with Crippen LogP contribution in [0.1, 0.15) is 16.7 Å². The van der Waals surface area contributed by atoms with Crippen molar-refractivity contribution < 1.29 is 19.1 Å². The van der Waals surface area contributed by atoms with Gasteiger partial charge in [0.2, 0.25) is 0 Å². The van der Waals surface area contributed by atoms with Crippen LogP contribution in [0.2, 0.25) is 0 Å². The highest BCUT2D eigenvalue weighted by atomic mass is 16.6. The van der Waals surface area contributed by atoms with Gasteiger partial charge in [0.05, 0.1) is 12.1 Å². The lowest BCUT2D eigenvalue weighted by Crippen LogP contribution is -2.46. The molecule has 7 heteroatoms. The summed E-state index contributed by atoms with van der Waals surface area (Å²) in [5.41, 5.74) is 5.67. The molecule has 0 aliphatic carbocycles. The van der Waals surface area contributed by atoms with E-state index in [0.717, 1.165) is 32.6 Å². The Labute approximate surface area is 191 Å². The van der Waals surface area contributed by atoms with Crippen LogP contribution in [-0.2, 0) is 29.2 Å². The lowest BCUT2D eigenvalue weighted by Gasteiger charge is -2.23. The maximum atomic E-state index is 12.9. The molecule has 1 heterocycles. The maximum absolute atomic E-state index is 12.9. The minimum Gasteiger partial charge on any atom is -0.443 e. The van der Waals surface area contributed by atoms with E-state index >= 15 is 0 Å². The van der Waals surface area contributed by atoms with Gasteiger partial charge in [-0.25, -0.2) is 20.0 Å². The summed E-state index contributed by atoms with van der Waals surface area (Å²) >= 11 is 0. The summed E-state index contributed by atoms with van der Waals surface area (Å²) < 4.78 is 10.7. The Bertz CT molecular complexity index is 1210. The van der Waals surface area contributed by atoms with Crippen molar-refractivity contribution in [2.45, 2.75) is 19.8 Å². The molecule has 0 radical (unpaired) electrons. The molecule has 0 unspecified atom stereocenters. The number of fused-ring (bicyclic) bond motifs is 1. The fourth-order valence-electron chi connectivity index (χ4n) is 3.28. The number of carbonyl (C=O) groups excluding carboxylic acids is 2. The third kappa shape index (κ3) is 6.07. The Morgan fingerprint density at radius 1 is 0.758 bits per heavy atom. The topological polar surface area (TPSA) is 80.8 Å². The van der Waals surface area contributed by atoms with Crippen molar-refractivity contribution in [2.24, 2.45) is 0 Å². The molecule has 3 aromatic carbocycles. The third-order valence-corrected chi connectivity index (χ3v) is 4.91. The molecule has 2 amide bonds. The first-order valence-electron chi connectivity index (χ1n) is 10.5. The van der Waals surface area contributed by atoms with Gasteiger partial charge < -0.3 is 9.47 Å². The van der Waals surface area contributed by atoms with Crippen LogP contribution in [0.3, 0.4) is 0 Å². The van der Waals surface area contributed by atoms with Crippen LogP contribution in [-0.4, -0.2) is 22.2 Å². The van der Waals surface area contributed by atoms with Gasteiger partial charge >= 0.3 is 12.2 Å². The van der Waals surface area contributed by atoms with Gasteiger partial charge in [-0.2, -0.15) is 0 Å². The number of nitrogens with one attached hydrogen (secondary N) is 1. The van der Waals surface area contributed by atoms with Crippen LogP contribution < -0.4 is 5.43 Å². The van der Waals surface area contributed by atoms with Crippen LogP contribution in [0.5, 0.6) is 0 Å². The molecule has 0 atom stereocenters. The molecule has 0 bridgehead atoms. The van der Waals surface area contributed by atoms with Crippen LogP contribution in [0, 0.1) is 0 Å². The second-order valence-electron chi connectivity index (χ2n) is 7.29. The first kappa shape index (κ1) is 21.8. The Morgan fingerprint density at radius 3 is 2.09 bits per heavy atom. The first-order chi connectivity index (χ1) is 16.2. The fraction of sp³-hybridized carbons (Fsp3) is 0.115. The van der Waals surface area contributed by atoms with E-state index in [9.17, 15) is 9.59 Å². The first-order valence-corrected chi connectivity index (χ1v) is 10.5. The van der Waals surface area contributed by atoms with Crippen LogP contribution >= 0.6 is 0 Å². The average molecular weight is 441 g/mol.